The summed E-state index contributed by atoms with van der Waals surface area (Å²) in [4.78, 5) is 71.2. The first kappa shape index (κ1) is 45.6. The van der Waals surface area contributed by atoms with Gasteiger partial charge in [-0.1, -0.05) is 85.2 Å². The van der Waals surface area contributed by atoms with Crippen LogP contribution in [0.5, 0.6) is 0 Å². The van der Waals surface area contributed by atoms with Gasteiger partial charge in [0.25, 0.3) is 0 Å². The summed E-state index contributed by atoms with van der Waals surface area (Å²) < 4.78 is 16.9. The molecule has 1 saturated heterocycles. The summed E-state index contributed by atoms with van der Waals surface area (Å²) in [7, 11) is 7.81. The number of esters is 1. The predicted molar refractivity (Wildman–Crippen MR) is 205 cm³/mol. The van der Waals surface area contributed by atoms with E-state index in [4.69, 9.17) is 14.2 Å². The molecule has 9 atom stereocenters. The molecule has 1 aromatic carbocycles. The first-order valence-electron chi connectivity index (χ1n) is 19.1. The molecule has 13 nitrogen and oxygen atoms in total. The second kappa shape index (κ2) is 22.0. The molecule has 1 aliphatic heterocycles. The molecule has 0 spiro atoms. The van der Waals surface area contributed by atoms with E-state index in [0.717, 1.165) is 18.4 Å². The number of likely N-dealkylation sites (tertiary alicyclic amines) is 1. The van der Waals surface area contributed by atoms with Crippen molar-refractivity contribution in [2.45, 2.75) is 123 Å². The maximum atomic E-state index is 14.2. The molecule has 1 fully saturated rings. The zero-order chi connectivity index (χ0) is 40.0. The molecular formula is C40H67N5O8. The van der Waals surface area contributed by atoms with Crippen molar-refractivity contribution in [3.05, 3.63) is 35.9 Å². The molecule has 1 aromatic rings. The molecule has 2 rings (SSSR count). The van der Waals surface area contributed by atoms with E-state index in [0.29, 0.717) is 13.0 Å². The van der Waals surface area contributed by atoms with Crippen LogP contribution in [0, 0.1) is 23.7 Å². The highest BCUT2D eigenvalue weighted by Gasteiger charge is 2.43. The number of amides is 4. The fraction of sp³-hybridized carbons (Fsp3) is 0.725. The van der Waals surface area contributed by atoms with Crippen LogP contribution >= 0.6 is 0 Å². The van der Waals surface area contributed by atoms with Crippen molar-refractivity contribution in [2.75, 3.05) is 42.0 Å². The average molecular weight is 746 g/mol. The van der Waals surface area contributed by atoms with Crippen molar-refractivity contribution in [3.63, 3.8) is 0 Å². The molecular weight excluding hydrogens is 678 g/mol. The minimum absolute atomic E-state index is 0.00596. The van der Waals surface area contributed by atoms with Crippen LogP contribution in [0.15, 0.2) is 30.3 Å². The van der Waals surface area contributed by atoms with Gasteiger partial charge in [0.15, 0.2) is 0 Å². The SMILES string of the molecule is CCC(C)[C@@H]([C@@H](CC(=O)N1CCC[C@H]1C(OC)C(C)C(=O)N[C@@H](Cc1ccccc1)C(=O)OC)OC)N(C)C(=O)[C@@H](NC(=O)C(NC)C(C)C)C(C)C. The number of carbonyl (C=O) groups is 5. The number of likely N-dealkylation sites (N-methyl/N-ethyl adjacent to an activating group) is 2. The number of nitrogens with zero attached hydrogens (tertiary/aromatic N) is 2. The summed E-state index contributed by atoms with van der Waals surface area (Å²) >= 11 is 0. The second-order valence-corrected chi connectivity index (χ2v) is 15.1. The molecule has 4 unspecified atom stereocenters. The van der Waals surface area contributed by atoms with Crippen LogP contribution in [0.25, 0.3) is 0 Å². The maximum absolute atomic E-state index is 14.2. The summed E-state index contributed by atoms with van der Waals surface area (Å²) in [5.41, 5.74) is 0.875. The second-order valence-electron chi connectivity index (χ2n) is 15.1. The van der Waals surface area contributed by atoms with Crippen LogP contribution in [0.2, 0.25) is 0 Å². The minimum atomic E-state index is -0.889. The Balaban J connectivity index is 2.27. The largest absolute Gasteiger partial charge is 0.467 e. The number of carbonyl (C=O) groups excluding carboxylic acids is 5. The van der Waals surface area contributed by atoms with Gasteiger partial charge < -0.3 is 40.0 Å². The van der Waals surface area contributed by atoms with E-state index >= 15 is 0 Å². The smallest absolute Gasteiger partial charge is 0.328 e. The van der Waals surface area contributed by atoms with Crippen LogP contribution in [0.4, 0.5) is 0 Å². The molecule has 300 valence electrons. The quantitative estimate of drug-likeness (QED) is 0.161. The van der Waals surface area contributed by atoms with E-state index < -0.39 is 48.3 Å². The van der Waals surface area contributed by atoms with Gasteiger partial charge in [0.2, 0.25) is 23.6 Å². The third-order valence-electron chi connectivity index (χ3n) is 10.8. The van der Waals surface area contributed by atoms with E-state index in [1.54, 1.807) is 37.9 Å². The summed E-state index contributed by atoms with van der Waals surface area (Å²) in [5, 5.41) is 8.88. The van der Waals surface area contributed by atoms with Crippen molar-refractivity contribution < 1.29 is 38.2 Å². The first-order chi connectivity index (χ1) is 25.1. The van der Waals surface area contributed by atoms with Crippen LogP contribution in [-0.2, 0) is 44.6 Å². The van der Waals surface area contributed by atoms with Crippen molar-refractivity contribution in [1.82, 2.24) is 25.8 Å². The number of hydrogen-bond acceptors (Lipinski definition) is 9. The Morgan fingerprint density at radius 1 is 0.887 bits per heavy atom. The van der Waals surface area contributed by atoms with Gasteiger partial charge >= 0.3 is 5.97 Å². The number of benzene rings is 1. The number of methoxy groups -OCH3 is 3. The van der Waals surface area contributed by atoms with Gasteiger partial charge in [-0.25, -0.2) is 4.79 Å². The fourth-order valence-electron chi connectivity index (χ4n) is 7.54. The van der Waals surface area contributed by atoms with Gasteiger partial charge in [-0.2, -0.15) is 0 Å². The lowest BCUT2D eigenvalue weighted by Gasteiger charge is -2.41. The Morgan fingerprint density at radius 3 is 2.02 bits per heavy atom. The lowest BCUT2D eigenvalue weighted by Crippen LogP contribution is -2.59. The molecule has 0 saturated carbocycles. The zero-order valence-corrected chi connectivity index (χ0v) is 34.1. The molecule has 13 heteroatoms. The molecule has 1 aliphatic rings. The van der Waals surface area contributed by atoms with Crippen LogP contribution in [0.1, 0.15) is 79.7 Å². The third-order valence-corrected chi connectivity index (χ3v) is 10.8. The molecule has 53 heavy (non-hydrogen) atoms. The monoisotopic (exact) mass is 745 g/mol. The summed E-state index contributed by atoms with van der Waals surface area (Å²) in [5.74, 6) is -2.47. The Labute approximate surface area is 317 Å². The number of rotatable bonds is 21. The molecule has 4 amide bonds. The normalized spacial score (nSPS) is 19.1. The number of ether oxygens (including phenoxy) is 3. The van der Waals surface area contributed by atoms with Gasteiger partial charge in [0.1, 0.15) is 12.1 Å². The standard InChI is InChI=1S/C40H67N5O8/c1-13-26(6)35(44(9)39(49)34(25(4)5)43-38(48)33(41-8)24(2)3)31(51-10)23-32(46)45-21-17-20-30(45)36(52-11)27(7)37(47)42-29(40(50)53-12)22-28-18-15-14-16-19-28/h14-16,18-19,24-27,29-31,33-36,41H,13,17,20-23H2,1-12H3,(H,42,47)(H,43,48)/t26?,27?,29-,30-,31+,33?,34-,35-,36?/m0/s1. The highest BCUT2D eigenvalue weighted by atomic mass is 16.5. The Kier molecular flexibility index (Phi) is 18.9. The summed E-state index contributed by atoms with van der Waals surface area (Å²) in [6, 6.07) is 6.41. The van der Waals surface area contributed by atoms with E-state index in [1.807, 2.05) is 71.9 Å². The predicted octanol–water partition coefficient (Wildman–Crippen LogP) is 3.19. The van der Waals surface area contributed by atoms with Gasteiger partial charge in [-0.15, -0.1) is 0 Å². The Hall–Kier alpha value is -3.55. The van der Waals surface area contributed by atoms with Gasteiger partial charge in [0, 0.05) is 34.2 Å². The average Bonchev–Trinajstić information content (AvgIpc) is 3.62. The molecule has 0 aliphatic carbocycles. The van der Waals surface area contributed by atoms with Crippen LogP contribution in [-0.4, -0.2) is 124 Å². The van der Waals surface area contributed by atoms with Gasteiger partial charge in [-0.3, -0.25) is 19.2 Å². The van der Waals surface area contributed by atoms with Crippen molar-refractivity contribution in [1.29, 1.82) is 0 Å². The molecule has 0 radical (unpaired) electrons. The number of nitrogens with one attached hydrogen (secondary N) is 3. The first-order valence-corrected chi connectivity index (χ1v) is 19.1. The minimum Gasteiger partial charge on any atom is -0.467 e. The molecule has 1 heterocycles. The summed E-state index contributed by atoms with van der Waals surface area (Å²) in [6.07, 6.45) is 1.08. The Morgan fingerprint density at radius 2 is 1.51 bits per heavy atom. The van der Waals surface area contributed by atoms with Crippen molar-refractivity contribution >= 4 is 29.6 Å². The lowest BCUT2D eigenvalue weighted by molar-refractivity contribution is -0.148. The lowest BCUT2D eigenvalue weighted by atomic mass is 9.89. The zero-order valence-electron chi connectivity index (χ0n) is 34.1. The number of hydrogen-bond donors (Lipinski definition) is 3. The van der Waals surface area contributed by atoms with Crippen LogP contribution < -0.4 is 16.0 Å². The van der Waals surface area contributed by atoms with Crippen molar-refractivity contribution in [2.24, 2.45) is 23.7 Å². The Bertz CT molecular complexity index is 1330. The molecule has 0 aromatic heterocycles. The highest BCUT2D eigenvalue weighted by molar-refractivity contribution is 5.90. The van der Waals surface area contributed by atoms with E-state index in [9.17, 15) is 24.0 Å². The van der Waals surface area contributed by atoms with Crippen molar-refractivity contribution in [3.8, 4) is 0 Å². The van der Waals surface area contributed by atoms with Crippen LogP contribution in [0.3, 0.4) is 0 Å². The van der Waals surface area contributed by atoms with E-state index in [2.05, 4.69) is 16.0 Å². The van der Waals surface area contributed by atoms with Gasteiger partial charge in [0.05, 0.1) is 49.8 Å². The maximum Gasteiger partial charge on any atom is 0.328 e. The molecule has 3 N–H and O–H groups in total. The van der Waals surface area contributed by atoms with E-state index in [-0.39, 0.29) is 60.3 Å². The third kappa shape index (κ3) is 12.2. The summed E-state index contributed by atoms with van der Waals surface area (Å²) in [6.45, 7) is 14.0. The van der Waals surface area contributed by atoms with E-state index in [1.165, 1.54) is 14.2 Å². The molecule has 0 bridgehead atoms. The van der Waals surface area contributed by atoms with Gasteiger partial charge in [-0.05, 0) is 43.2 Å². The fourth-order valence-corrected chi connectivity index (χ4v) is 7.54. The highest BCUT2D eigenvalue weighted by Crippen LogP contribution is 2.30. The topological polar surface area (TPSA) is 156 Å².